The van der Waals surface area contributed by atoms with Crippen LogP contribution in [0.2, 0.25) is 0 Å². The van der Waals surface area contributed by atoms with Gasteiger partial charge in [0.05, 0.1) is 6.10 Å². The van der Waals surface area contributed by atoms with Crippen molar-refractivity contribution in [2.24, 2.45) is 23.7 Å². The van der Waals surface area contributed by atoms with Crippen molar-refractivity contribution in [2.75, 3.05) is 0 Å². The molecule has 6 nitrogen and oxygen atoms in total. The van der Waals surface area contributed by atoms with Crippen molar-refractivity contribution in [1.29, 1.82) is 0 Å². The second-order valence-electron chi connectivity index (χ2n) is 9.13. The molecular formula is C24H42O6. The second-order valence-corrected chi connectivity index (χ2v) is 9.13. The molecule has 2 aliphatic carbocycles. The molecule has 0 aromatic heterocycles. The average molecular weight is 427 g/mol. The molecule has 2 fully saturated rings. The van der Waals surface area contributed by atoms with Crippen LogP contribution in [0, 0.1) is 23.7 Å². The first-order valence-electron chi connectivity index (χ1n) is 11.9. The Kier molecular flexibility index (Phi) is 12.9. The third-order valence-electron chi connectivity index (χ3n) is 6.81. The Morgan fingerprint density at radius 3 is 1.97 bits per heavy atom. The Bertz CT molecular complexity index is 532. The molecule has 0 aromatic carbocycles. The van der Waals surface area contributed by atoms with Gasteiger partial charge in [-0.3, -0.25) is 14.4 Å². The molecule has 0 saturated heterocycles. The van der Waals surface area contributed by atoms with Crippen molar-refractivity contribution >= 4 is 17.7 Å². The van der Waals surface area contributed by atoms with E-state index in [2.05, 4.69) is 13.8 Å². The lowest BCUT2D eigenvalue weighted by atomic mass is 9.87. The topological polar surface area (TPSA) is 112 Å². The standard InChI is InChI=1S/C12H22O3.C12H20O3/c2*1-2-3-4-5-10-9(8-12(14)15)6-7-11(10)13/h9-11,13H,2-8H2,1H3,(H,14,15);9-10H,2-8H2,1H3,(H,14,15)/t9-,10-,11?;9-,10-/m11/s1. The molecule has 0 spiro atoms. The van der Waals surface area contributed by atoms with Crippen LogP contribution in [-0.2, 0) is 14.4 Å². The minimum absolute atomic E-state index is 0.0349. The Morgan fingerprint density at radius 2 is 1.40 bits per heavy atom. The molecule has 6 heteroatoms. The predicted molar refractivity (Wildman–Crippen MR) is 116 cm³/mol. The molecule has 174 valence electrons. The van der Waals surface area contributed by atoms with Gasteiger partial charge in [0.2, 0.25) is 0 Å². The van der Waals surface area contributed by atoms with E-state index in [9.17, 15) is 19.5 Å². The van der Waals surface area contributed by atoms with Crippen molar-refractivity contribution in [3.05, 3.63) is 0 Å². The van der Waals surface area contributed by atoms with Gasteiger partial charge in [0.25, 0.3) is 0 Å². The van der Waals surface area contributed by atoms with Crippen molar-refractivity contribution in [3.8, 4) is 0 Å². The summed E-state index contributed by atoms with van der Waals surface area (Å²) in [6, 6.07) is 0. The van der Waals surface area contributed by atoms with E-state index >= 15 is 0 Å². The fraction of sp³-hybridized carbons (Fsp3) is 0.875. The molecule has 0 heterocycles. The van der Waals surface area contributed by atoms with Crippen LogP contribution >= 0.6 is 0 Å². The molecule has 1 unspecified atom stereocenters. The summed E-state index contributed by atoms with van der Waals surface area (Å²) in [7, 11) is 0. The molecule has 5 atom stereocenters. The Labute approximate surface area is 181 Å². The van der Waals surface area contributed by atoms with Gasteiger partial charge in [0.15, 0.2) is 0 Å². The summed E-state index contributed by atoms with van der Waals surface area (Å²) < 4.78 is 0. The Hall–Kier alpha value is -1.43. The van der Waals surface area contributed by atoms with Crippen LogP contribution in [0.25, 0.3) is 0 Å². The smallest absolute Gasteiger partial charge is 0.303 e. The maximum atomic E-state index is 11.6. The highest BCUT2D eigenvalue weighted by Gasteiger charge is 2.36. The highest BCUT2D eigenvalue weighted by atomic mass is 16.4. The summed E-state index contributed by atoms with van der Waals surface area (Å²) in [5.41, 5.74) is 0. The summed E-state index contributed by atoms with van der Waals surface area (Å²) >= 11 is 0. The molecule has 2 rings (SSSR count). The molecule has 2 aliphatic rings. The number of carboxylic acid groups (broad SMARTS) is 2. The van der Waals surface area contributed by atoms with Crippen molar-refractivity contribution in [2.45, 2.75) is 110 Å². The van der Waals surface area contributed by atoms with Gasteiger partial charge in [-0.15, -0.1) is 0 Å². The number of aliphatic hydroxyl groups is 1. The first-order chi connectivity index (χ1) is 14.3. The quantitative estimate of drug-likeness (QED) is 0.376. The van der Waals surface area contributed by atoms with Gasteiger partial charge in [-0.25, -0.2) is 0 Å². The largest absolute Gasteiger partial charge is 0.481 e. The van der Waals surface area contributed by atoms with Crippen LogP contribution in [0.15, 0.2) is 0 Å². The summed E-state index contributed by atoms with van der Waals surface area (Å²) in [6.07, 6.45) is 11.9. The molecular weight excluding hydrogens is 384 g/mol. The predicted octanol–water partition coefficient (Wildman–Crippen LogP) is 5.07. The van der Waals surface area contributed by atoms with Crippen LogP contribution in [0.3, 0.4) is 0 Å². The normalized spacial score (nSPS) is 28.2. The zero-order chi connectivity index (χ0) is 22.5. The molecule has 3 N–H and O–H groups in total. The highest BCUT2D eigenvalue weighted by Crippen LogP contribution is 2.38. The molecule has 0 radical (unpaired) electrons. The SMILES string of the molecule is CCCCC[C@H]1C(=O)CC[C@@H]1CC(=O)O.CCCCC[C@H]1C(O)CC[C@@H]1CC(=O)O. The second kappa shape index (κ2) is 14.6. The molecule has 2 saturated carbocycles. The number of aliphatic carboxylic acids is 2. The Balaban J connectivity index is 0.000000300. The van der Waals surface area contributed by atoms with Gasteiger partial charge >= 0.3 is 11.9 Å². The number of hydrogen-bond donors (Lipinski definition) is 3. The van der Waals surface area contributed by atoms with E-state index in [0.29, 0.717) is 6.42 Å². The van der Waals surface area contributed by atoms with Crippen LogP contribution in [0.1, 0.15) is 104 Å². The van der Waals surface area contributed by atoms with E-state index in [1.54, 1.807) is 0 Å². The van der Waals surface area contributed by atoms with E-state index in [1.807, 2.05) is 0 Å². The van der Waals surface area contributed by atoms with E-state index in [1.165, 1.54) is 12.8 Å². The average Bonchev–Trinajstić information content (AvgIpc) is 3.19. The van der Waals surface area contributed by atoms with Gasteiger partial charge in [-0.05, 0) is 49.9 Å². The Morgan fingerprint density at radius 1 is 0.833 bits per heavy atom. The van der Waals surface area contributed by atoms with E-state index in [4.69, 9.17) is 10.2 Å². The van der Waals surface area contributed by atoms with Gasteiger partial charge in [0, 0.05) is 25.2 Å². The summed E-state index contributed by atoms with van der Waals surface area (Å²) in [5.74, 6) is -0.636. The number of hydrogen-bond acceptors (Lipinski definition) is 4. The van der Waals surface area contributed by atoms with Gasteiger partial charge < -0.3 is 15.3 Å². The number of aliphatic hydroxyl groups excluding tert-OH is 1. The lowest BCUT2D eigenvalue weighted by Gasteiger charge is -2.20. The van der Waals surface area contributed by atoms with Crippen LogP contribution in [-0.4, -0.2) is 39.1 Å². The van der Waals surface area contributed by atoms with E-state index in [-0.39, 0.29) is 48.4 Å². The minimum Gasteiger partial charge on any atom is -0.481 e. The van der Waals surface area contributed by atoms with Gasteiger partial charge in [-0.1, -0.05) is 52.4 Å². The fourth-order valence-electron chi connectivity index (χ4n) is 5.12. The number of carbonyl (C=O) groups is 3. The molecule has 30 heavy (non-hydrogen) atoms. The van der Waals surface area contributed by atoms with Crippen molar-refractivity contribution < 1.29 is 29.7 Å². The summed E-state index contributed by atoms with van der Waals surface area (Å²) in [4.78, 5) is 32.8. The first-order valence-corrected chi connectivity index (χ1v) is 11.9. The number of rotatable bonds is 12. The third-order valence-corrected chi connectivity index (χ3v) is 6.81. The van der Waals surface area contributed by atoms with Crippen LogP contribution in [0.5, 0.6) is 0 Å². The van der Waals surface area contributed by atoms with Crippen molar-refractivity contribution in [1.82, 2.24) is 0 Å². The molecule has 0 aromatic rings. The van der Waals surface area contributed by atoms with Crippen LogP contribution < -0.4 is 0 Å². The van der Waals surface area contributed by atoms with E-state index < -0.39 is 11.9 Å². The summed E-state index contributed by atoms with van der Waals surface area (Å²) in [5, 5.41) is 27.3. The van der Waals surface area contributed by atoms with Gasteiger partial charge in [-0.2, -0.15) is 0 Å². The maximum absolute atomic E-state index is 11.6. The zero-order valence-electron chi connectivity index (χ0n) is 18.9. The lowest BCUT2D eigenvalue weighted by Crippen LogP contribution is -2.21. The summed E-state index contributed by atoms with van der Waals surface area (Å²) in [6.45, 7) is 4.28. The fourth-order valence-corrected chi connectivity index (χ4v) is 5.12. The number of Topliss-reactive ketones (excluding diaryl/α,β-unsaturated/α-hetero) is 1. The molecule has 0 amide bonds. The zero-order valence-corrected chi connectivity index (χ0v) is 18.9. The number of carboxylic acids is 2. The van der Waals surface area contributed by atoms with E-state index in [0.717, 1.165) is 57.8 Å². The highest BCUT2D eigenvalue weighted by molar-refractivity contribution is 5.84. The third kappa shape index (κ3) is 9.59. The van der Waals surface area contributed by atoms with Crippen LogP contribution in [0.4, 0.5) is 0 Å². The van der Waals surface area contributed by atoms with Crippen molar-refractivity contribution in [3.63, 3.8) is 0 Å². The first kappa shape index (κ1) is 26.6. The maximum Gasteiger partial charge on any atom is 0.303 e. The van der Waals surface area contributed by atoms with Gasteiger partial charge in [0.1, 0.15) is 5.78 Å². The number of unbranched alkanes of at least 4 members (excludes halogenated alkanes) is 4. The monoisotopic (exact) mass is 426 g/mol. The molecule has 0 aliphatic heterocycles. The number of carbonyl (C=O) groups excluding carboxylic acids is 1. The molecule has 0 bridgehead atoms. The minimum atomic E-state index is -0.768. The number of ketones is 1. The lowest BCUT2D eigenvalue weighted by molar-refractivity contribution is -0.139.